The number of nitrogens with one attached hydrogen (secondary N) is 1. The maximum atomic E-state index is 8.98. The molecule has 1 aromatic carbocycles. The lowest BCUT2D eigenvalue weighted by atomic mass is 10.1. The second-order valence-electron chi connectivity index (χ2n) is 5.39. The highest BCUT2D eigenvalue weighted by Gasteiger charge is 2.02. The fourth-order valence-electron chi connectivity index (χ4n) is 2.34. The zero-order valence-electron chi connectivity index (χ0n) is 13.0. The summed E-state index contributed by atoms with van der Waals surface area (Å²) >= 11 is 0. The molecule has 0 fully saturated rings. The largest absolute Gasteiger partial charge is 0.385 e. The van der Waals surface area contributed by atoms with Crippen LogP contribution >= 0.6 is 0 Å². The summed E-state index contributed by atoms with van der Waals surface area (Å²) in [5, 5.41) is 21.2. The number of rotatable bonds is 10. The molecule has 0 aliphatic carbocycles. The van der Waals surface area contributed by atoms with E-state index in [0.29, 0.717) is 11.1 Å². The van der Waals surface area contributed by atoms with Crippen molar-refractivity contribution in [2.75, 3.05) is 11.9 Å². The van der Waals surface area contributed by atoms with E-state index >= 15 is 0 Å². The summed E-state index contributed by atoms with van der Waals surface area (Å²) in [4.78, 5) is 0. The molecule has 0 aromatic heterocycles. The van der Waals surface area contributed by atoms with Crippen LogP contribution in [0.15, 0.2) is 18.2 Å². The Kier molecular flexibility index (Phi) is 8.73. The third-order valence-corrected chi connectivity index (χ3v) is 3.62. The van der Waals surface area contributed by atoms with Gasteiger partial charge in [0.1, 0.15) is 12.1 Å². The van der Waals surface area contributed by atoms with Crippen molar-refractivity contribution in [2.45, 2.75) is 58.3 Å². The van der Waals surface area contributed by atoms with Gasteiger partial charge in [0.2, 0.25) is 0 Å². The molecule has 3 heteroatoms. The van der Waals surface area contributed by atoms with Gasteiger partial charge in [-0.1, -0.05) is 51.9 Å². The quantitative estimate of drug-likeness (QED) is 0.616. The van der Waals surface area contributed by atoms with Crippen LogP contribution < -0.4 is 5.32 Å². The van der Waals surface area contributed by atoms with Crippen LogP contribution in [0, 0.1) is 22.7 Å². The molecular weight excluding hydrogens is 258 g/mol. The lowest BCUT2D eigenvalue weighted by molar-refractivity contribution is 0.581. The zero-order chi connectivity index (χ0) is 15.3. The molecular formula is C18H25N3. The van der Waals surface area contributed by atoms with Gasteiger partial charge in [-0.3, -0.25) is 0 Å². The van der Waals surface area contributed by atoms with Gasteiger partial charge in [-0.25, -0.2) is 0 Å². The van der Waals surface area contributed by atoms with Gasteiger partial charge in [0.05, 0.1) is 11.1 Å². The number of nitrogens with zero attached hydrogens (tertiary/aromatic N) is 2. The standard InChI is InChI=1S/C18H25N3/c1-2-3-4-5-6-7-8-9-12-21-18-11-10-16(14-19)17(13-18)15-20/h10-11,13,21H,2-9,12H2,1H3. The Morgan fingerprint density at radius 2 is 1.48 bits per heavy atom. The van der Waals surface area contributed by atoms with E-state index in [1.807, 2.05) is 12.1 Å². The summed E-state index contributed by atoms with van der Waals surface area (Å²) < 4.78 is 0. The van der Waals surface area contributed by atoms with Crippen LogP contribution in [-0.4, -0.2) is 6.54 Å². The molecule has 21 heavy (non-hydrogen) atoms. The van der Waals surface area contributed by atoms with E-state index in [1.165, 1.54) is 44.9 Å². The summed E-state index contributed by atoms with van der Waals surface area (Å²) in [5.74, 6) is 0. The average Bonchev–Trinajstić information content (AvgIpc) is 2.53. The van der Waals surface area contributed by atoms with Crippen LogP contribution in [0.1, 0.15) is 69.4 Å². The second kappa shape index (κ2) is 10.7. The number of unbranched alkanes of at least 4 members (excludes halogenated alkanes) is 7. The van der Waals surface area contributed by atoms with E-state index in [0.717, 1.165) is 18.7 Å². The van der Waals surface area contributed by atoms with E-state index in [2.05, 4.69) is 18.3 Å². The van der Waals surface area contributed by atoms with Crippen molar-refractivity contribution in [3.8, 4) is 12.1 Å². The maximum absolute atomic E-state index is 8.98. The Bertz CT molecular complexity index is 494. The summed E-state index contributed by atoms with van der Waals surface area (Å²) in [6.45, 7) is 3.16. The SMILES string of the molecule is CCCCCCCCCCNc1ccc(C#N)c(C#N)c1. The first kappa shape index (κ1) is 17.1. The van der Waals surface area contributed by atoms with Crippen molar-refractivity contribution in [3.05, 3.63) is 29.3 Å². The van der Waals surface area contributed by atoms with Crippen molar-refractivity contribution >= 4 is 5.69 Å². The van der Waals surface area contributed by atoms with Crippen molar-refractivity contribution in [3.63, 3.8) is 0 Å². The molecule has 1 N–H and O–H groups in total. The molecule has 0 unspecified atom stereocenters. The summed E-state index contributed by atoms with van der Waals surface area (Å²) in [6.07, 6.45) is 10.5. The Balaban J connectivity index is 2.16. The lowest BCUT2D eigenvalue weighted by Gasteiger charge is -2.07. The van der Waals surface area contributed by atoms with E-state index in [-0.39, 0.29) is 0 Å². The van der Waals surface area contributed by atoms with E-state index in [9.17, 15) is 0 Å². The monoisotopic (exact) mass is 283 g/mol. The van der Waals surface area contributed by atoms with Gasteiger partial charge >= 0.3 is 0 Å². The smallest absolute Gasteiger partial charge is 0.101 e. The molecule has 0 saturated carbocycles. The first-order valence-corrected chi connectivity index (χ1v) is 8.00. The number of benzene rings is 1. The zero-order valence-corrected chi connectivity index (χ0v) is 13.0. The molecule has 0 radical (unpaired) electrons. The van der Waals surface area contributed by atoms with E-state index in [1.54, 1.807) is 12.1 Å². The number of anilines is 1. The molecule has 112 valence electrons. The molecule has 0 spiro atoms. The highest BCUT2D eigenvalue weighted by Crippen LogP contribution is 2.15. The first-order valence-electron chi connectivity index (χ1n) is 8.00. The fraction of sp³-hybridized carbons (Fsp3) is 0.556. The van der Waals surface area contributed by atoms with Crippen molar-refractivity contribution in [1.29, 1.82) is 10.5 Å². The predicted molar refractivity (Wildman–Crippen MR) is 87.0 cm³/mol. The molecule has 0 aliphatic heterocycles. The van der Waals surface area contributed by atoms with Gasteiger partial charge in [-0.05, 0) is 24.6 Å². The summed E-state index contributed by atoms with van der Waals surface area (Å²) in [7, 11) is 0. The van der Waals surface area contributed by atoms with Gasteiger partial charge in [0.15, 0.2) is 0 Å². The van der Waals surface area contributed by atoms with Gasteiger partial charge in [0.25, 0.3) is 0 Å². The highest BCUT2D eigenvalue weighted by atomic mass is 14.9. The van der Waals surface area contributed by atoms with Crippen LogP contribution in [0.25, 0.3) is 0 Å². The van der Waals surface area contributed by atoms with E-state index < -0.39 is 0 Å². The van der Waals surface area contributed by atoms with Gasteiger partial charge in [-0.2, -0.15) is 10.5 Å². The molecule has 0 atom stereocenters. The van der Waals surface area contributed by atoms with Gasteiger partial charge < -0.3 is 5.32 Å². The second-order valence-corrected chi connectivity index (χ2v) is 5.39. The van der Waals surface area contributed by atoms with Crippen molar-refractivity contribution in [2.24, 2.45) is 0 Å². The van der Waals surface area contributed by atoms with Crippen LogP contribution in [0.5, 0.6) is 0 Å². The third kappa shape index (κ3) is 6.82. The van der Waals surface area contributed by atoms with Crippen LogP contribution in [0.4, 0.5) is 5.69 Å². The Morgan fingerprint density at radius 3 is 2.10 bits per heavy atom. The first-order chi connectivity index (χ1) is 10.3. The average molecular weight is 283 g/mol. The maximum Gasteiger partial charge on any atom is 0.101 e. The number of hydrogen-bond acceptors (Lipinski definition) is 3. The highest BCUT2D eigenvalue weighted by molar-refractivity contribution is 5.56. The number of hydrogen-bond donors (Lipinski definition) is 1. The van der Waals surface area contributed by atoms with Crippen LogP contribution in [0.3, 0.4) is 0 Å². The van der Waals surface area contributed by atoms with Crippen LogP contribution in [0.2, 0.25) is 0 Å². The topological polar surface area (TPSA) is 59.6 Å². The van der Waals surface area contributed by atoms with Crippen LogP contribution in [-0.2, 0) is 0 Å². The molecule has 1 aromatic rings. The Labute approximate surface area is 128 Å². The molecule has 1 rings (SSSR count). The molecule has 0 amide bonds. The normalized spacial score (nSPS) is 9.86. The molecule has 0 heterocycles. The van der Waals surface area contributed by atoms with E-state index in [4.69, 9.17) is 10.5 Å². The summed E-state index contributed by atoms with van der Waals surface area (Å²) in [6, 6.07) is 9.41. The minimum Gasteiger partial charge on any atom is -0.385 e. The third-order valence-electron chi connectivity index (χ3n) is 3.62. The van der Waals surface area contributed by atoms with Crippen molar-refractivity contribution < 1.29 is 0 Å². The fourth-order valence-corrected chi connectivity index (χ4v) is 2.34. The number of nitriles is 2. The minimum atomic E-state index is 0.440. The van der Waals surface area contributed by atoms with Gasteiger partial charge in [0, 0.05) is 12.2 Å². The summed E-state index contributed by atoms with van der Waals surface area (Å²) in [5.41, 5.74) is 1.81. The molecule has 0 aliphatic rings. The molecule has 0 bridgehead atoms. The minimum absolute atomic E-state index is 0.440. The predicted octanol–water partition coefficient (Wildman–Crippen LogP) is 4.98. The molecule has 0 saturated heterocycles. The van der Waals surface area contributed by atoms with Gasteiger partial charge in [-0.15, -0.1) is 0 Å². The lowest BCUT2D eigenvalue weighted by Crippen LogP contribution is -2.02. The molecule has 3 nitrogen and oxygen atoms in total. The Hall–Kier alpha value is -2.00. The Morgan fingerprint density at radius 1 is 0.857 bits per heavy atom. The van der Waals surface area contributed by atoms with Crippen molar-refractivity contribution in [1.82, 2.24) is 0 Å².